The molecule has 0 unspecified atom stereocenters. The van der Waals surface area contributed by atoms with Crippen molar-refractivity contribution in [2.45, 2.75) is 27.7 Å². The van der Waals surface area contributed by atoms with E-state index in [2.05, 4.69) is 31.3 Å². The first kappa shape index (κ1) is 11.9. The Morgan fingerprint density at radius 1 is 1.47 bits per heavy atom. The minimum Gasteiger partial charge on any atom is -0.266 e. The van der Waals surface area contributed by atoms with Crippen LogP contribution in [-0.4, -0.2) is 11.6 Å². The molecule has 4 heteroatoms. The van der Waals surface area contributed by atoms with Crippen molar-refractivity contribution in [3.05, 3.63) is 22.4 Å². The Hall–Kier alpha value is -1.16. The summed E-state index contributed by atoms with van der Waals surface area (Å²) in [7, 11) is 0. The summed E-state index contributed by atoms with van der Waals surface area (Å²) in [6.07, 6.45) is 0. The Kier molecular flexibility index (Phi) is 3.63. The number of hydrazone groups is 1. The van der Waals surface area contributed by atoms with E-state index in [1.165, 1.54) is 11.3 Å². The highest BCUT2D eigenvalue weighted by Gasteiger charge is 2.14. The second-order valence-corrected chi connectivity index (χ2v) is 5.31. The van der Waals surface area contributed by atoms with Crippen LogP contribution in [0.1, 0.15) is 37.4 Å². The maximum Gasteiger partial charge on any atom is 0.281 e. The molecular weight excluding hydrogens is 208 g/mol. The molecule has 1 amide bonds. The summed E-state index contributed by atoms with van der Waals surface area (Å²) in [4.78, 5) is 12.2. The lowest BCUT2D eigenvalue weighted by atomic mass is 9.91. The van der Waals surface area contributed by atoms with Crippen LogP contribution in [0.25, 0.3) is 0 Å². The van der Waals surface area contributed by atoms with Crippen LogP contribution >= 0.6 is 11.3 Å². The first-order valence-corrected chi connectivity index (χ1v) is 5.68. The third-order valence-corrected chi connectivity index (χ3v) is 3.02. The molecule has 0 aromatic carbocycles. The smallest absolute Gasteiger partial charge is 0.266 e. The Labute approximate surface area is 94.2 Å². The van der Waals surface area contributed by atoms with Gasteiger partial charge in [0, 0.05) is 11.1 Å². The fourth-order valence-corrected chi connectivity index (χ4v) is 1.38. The molecule has 0 bridgehead atoms. The van der Waals surface area contributed by atoms with Gasteiger partial charge in [-0.1, -0.05) is 26.8 Å². The lowest BCUT2D eigenvalue weighted by molar-refractivity contribution is 0.0958. The van der Waals surface area contributed by atoms with Crippen LogP contribution in [0.2, 0.25) is 0 Å². The van der Waals surface area contributed by atoms with Crippen molar-refractivity contribution < 1.29 is 4.79 Å². The summed E-state index contributed by atoms with van der Waals surface area (Å²) in [5.41, 5.74) is 3.45. The van der Waals surface area contributed by atoms with E-state index in [4.69, 9.17) is 0 Å². The zero-order valence-electron chi connectivity index (χ0n) is 9.50. The predicted molar refractivity (Wildman–Crippen MR) is 64.3 cm³/mol. The van der Waals surface area contributed by atoms with E-state index in [1.807, 2.05) is 18.4 Å². The van der Waals surface area contributed by atoms with Crippen LogP contribution in [-0.2, 0) is 0 Å². The van der Waals surface area contributed by atoms with Crippen molar-refractivity contribution in [2.75, 3.05) is 0 Å². The number of hydrogen-bond acceptors (Lipinski definition) is 3. The summed E-state index contributed by atoms with van der Waals surface area (Å²) in [6, 6.07) is 3.63. The van der Waals surface area contributed by atoms with Gasteiger partial charge < -0.3 is 0 Å². The van der Waals surface area contributed by atoms with Crippen LogP contribution in [0.4, 0.5) is 0 Å². The van der Waals surface area contributed by atoms with Gasteiger partial charge >= 0.3 is 0 Å². The van der Waals surface area contributed by atoms with E-state index in [-0.39, 0.29) is 11.3 Å². The number of hydrogen-bond donors (Lipinski definition) is 1. The summed E-state index contributed by atoms with van der Waals surface area (Å²) in [6.45, 7) is 8.09. The van der Waals surface area contributed by atoms with Gasteiger partial charge in [0.05, 0.1) is 4.88 Å². The Morgan fingerprint density at radius 2 is 2.13 bits per heavy atom. The number of amides is 1. The molecule has 0 aliphatic heterocycles. The summed E-state index contributed by atoms with van der Waals surface area (Å²) in [5, 5.41) is 5.95. The molecule has 82 valence electrons. The monoisotopic (exact) mass is 224 g/mol. The molecule has 0 atom stereocenters. The van der Waals surface area contributed by atoms with E-state index >= 15 is 0 Å². The second-order valence-electron chi connectivity index (χ2n) is 4.37. The van der Waals surface area contributed by atoms with Crippen molar-refractivity contribution >= 4 is 23.0 Å². The van der Waals surface area contributed by atoms with E-state index < -0.39 is 0 Å². The van der Waals surface area contributed by atoms with Gasteiger partial charge in [0.25, 0.3) is 5.91 Å². The number of carbonyl (C=O) groups excluding carboxylic acids is 1. The van der Waals surface area contributed by atoms with E-state index in [9.17, 15) is 4.79 Å². The molecule has 0 saturated carbocycles. The zero-order chi connectivity index (χ0) is 11.5. The summed E-state index contributed by atoms with van der Waals surface area (Å²) < 4.78 is 0. The molecule has 1 heterocycles. The third-order valence-electron chi connectivity index (χ3n) is 2.16. The lowest BCUT2D eigenvalue weighted by Gasteiger charge is -2.17. The van der Waals surface area contributed by atoms with Gasteiger partial charge in [-0.05, 0) is 18.4 Å². The molecule has 1 aromatic rings. The maximum absolute atomic E-state index is 11.5. The highest BCUT2D eigenvalue weighted by Crippen LogP contribution is 2.15. The molecule has 1 rings (SSSR count). The van der Waals surface area contributed by atoms with Gasteiger partial charge in [0.1, 0.15) is 0 Å². The lowest BCUT2D eigenvalue weighted by Crippen LogP contribution is -2.24. The molecule has 3 nitrogen and oxygen atoms in total. The van der Waals surface area contributed by atoms with Crippen LogP contribution in [0, 0.1) is 5.41 Å². The standard InChI is InChI=1S/C11H16N2OS/c1-8(11(2,3)4)12-13-10(14)9-6-5-7-15-9/h5-7H,1-4H3,(H,13,14). The average molecular weight is 224 g/mol. The quantitative estimate of drug-likeness (QED) is 0.609. The second kappa shape index (κ2) is 4.57. The minimum atomic E-state index is -0.145. The highest BCUT2D eigenvalue weighted by atomic mass is 32.1. The largest absolute Gasteiger partial charge is 0.281 e. The van der Waals surface area contributed by atoms with Gasteiger partial charge in [0.2, 0.25) is 0 Å². The molecule has 1 aromatic heterocycles. The van der Waals surface area contributed by atoms with Crippen molar-refractivity contribution in [1.29, 1.82) is 0 Å². The number of rotatable bonds is 2. The summed E-state index contributed by atoms with van der Waals surface area (Å²) >= 11 is 1.41. The SMILES string of the molecule is CC(=NNC(=O)c1cccs1)C(C)(C)C. The molecule has 1 N–H and O–H groups in total. The van der Waals surface area contributed by atoms with Crippen molar-refractivity contribution in [2.24, 2.45) is 10.5 Å². The molecule has 0 aliphatic carbocycles. The van der Waals surface area contributed by atoms with Crippen molar-refractivity contribution in [1.82, 2.24) is 5.43 Å². The first-order chi connectivity index (χ1) is 6.91. The van der Waals surface area contributed by atoms with Gasteiger partial charge in [0.15, 0.2) is 0 Å². The Balaban J connectivity index is 2.62. The molecule has 0 saturated heterocycles. The van der Waals surface area contributed by atoms with Crippen LogP contribution < -0.4 is 5.43 Å². The third kappa shape index (κ3) is 3.47. The molecule has 0 fully saturated rings. The number of thiophene rings is 1. The molecular formula is C11H16N2OS. The van der Waals surface area contributed by atoms with Crippen molar-refractivity contribution in [3.63, 3.8) is 0 Å². The average Bonchev–Trinajstić information content (AvgIpc) is 2.64. The predicted octanol–water partition coefficient (Wildman–Crippen LogP) is 2.90. The molecule has 15 heavy (non-hydrogen) atoms. The molecule has 0 aliphatic rings. The zero-order valence-corrected chi connectivity index (χ0v) is 10.3. The fraction of sp³-hybridized carbons (Fsp3) is 0.455. The van der Waals surface area contributed by atoms with E-state index in [0.717, 1.165) is 5.71 Å². The molecule has 0 radical (unpaired) electrons. The van der Waals surface area contributed by atoms with Crippen molar-refractivity contribution in [3.8, 4) is 0 Å². The Bertz CT molecular complexity index is 360. The number of carbonyl (C=O) groups is 1. The van der Waals surface area contributed by atoms with E-state index in [1.54, 1.807) is 6.07 Å². The molecule has 0 spiro atoms. The minimum absolute atomic E-state index is 0.0112. The first-order valence-electron chi connectivity index (χ1n) is 4.80. The fourth-order valence-electron chi connectivity index (χ4n) is 0.765. The summed E-state index contributed by atoms with van der Waals surface area (Å²) in [5.74, 6) is -0.145. The van der Waals surface area contributed by atoms with Gasteiger partial charge in [-0.2, -0.15) is 5.10 Å². The van der Waals surface area contributed by atoms with Gasteiger partial charge in [-0.3, -0.25) is 4.79 Å². The Morgan fingerprint density at radius 3 is 2.60 bits per heavy atom. The van der Waals surface area contributed by atoms with Crippen LogP contribution in [0.5, 0.6) is 0 Å². The van der Waals surface area contributed by atoms with Crippen LogP contribution in [0.15, 0.2) is 22.6 Å². The van der Waals surface area contributed by atoms with E-state index in [0.29, 0.717) is 4.88 Å². The number of nitrogens with zero attached hydrogens (tertiary/aromatic N) is 1. The normalized spacial score (nSPS) is 12.7. The van der Waals surface area contributed by atoms with Gasteiger partial charge in [-0.15, -0.1) is 11.3 Å². The topological polar surface area (TPSA) is 41.5 Å². The van der Waals surface area contributed by atoms with Gasteiger partial charge in [-0.25, -0.2) is 5.43 Å². The highest BCUT2D eigenvalue weighted by molar-refractivity contribution is 7.12. The number of nitrogens with one attached hydrogen (secondary N) is 1. The van der Waals surface area contributed by atoms with Crippen LogP contribution in [0.3, 0.4) is 0 Å². The maximum atomic E-state index is 11.5.